The van der Waals surface area contributed by atoms with Gasteiger partial charge in [-0.25, -0.2) is 4.98 Å². The average Bonchev–Trinajstić information content (AvgIpc) is 3.66. The normalized spacial score (nSPS) is 26.4. The minimum Gasteiger partial charge on any atom is -0.463 e. The van der Waals surface area contributed by atoms with E-state index < -0.39 is 24.0 Å². The standard InChI is InChI=1S/C26H31F3N8O3/c1-14(26(27,28)29)33-24(39)20-3-2-4-21(36-25(35-20)40-13-17-11-16(17)12-30)37-9-7-15(8-10-37)19-6-5-18(31)22(34-19)23(32)38/h4-6,14-17H,2-3,7-11,13,31H2,1H3,(H2,32,38)(H,33,39)/b21-4+,35-20+,36-25+/t14-,16+,17-/m0/s1. The Kier molecular flexibility index (Phi) is 8.61. The molecule has 11 nitrogen and oxygen atoms in total. The van der Waals surface area contributed by atoms with Gasteiger partial charge >= 0.3 is 12.2 Å². The number of nitrogens with zero attached hydrogens (tertiary/aromatic N) is 5. The fourth-order valence-electron chi connectivity index (χ4n) is 4.55. The largest absolute Gasteiger partial charge is 0.463 e. The lowest BCUT2D eigenvalue weighted by molar-refractivity contribution is -0.156. The van der Waals surface area contributed by atoms with Gasteiger partial charge in [-0.3, -0.25) is 9.59 Å². The fraction of sp³-hybridized carbons (Fsp3) is 0.538. The number of amides is 2. The molecular weight excluding hydrogens is 529 g/mol. The van der Waals surface area contributed by atoms with E-state index >= 15 is 0 Å². The highest BCUT2D eigenvalue weighted by molar-refractivity contribution is 6.40. The maximum absolute atomic E-state index is 13.0. The van der Waals surface area contributed by atoms with Crippen molar-refractivity contribution < 1.29 is 27.5 Å². The zero-order valence-corrected chi connectivity index (χ0v) is 21.9. The molecule has 0 unspecified atom stereocenters. The maximum atomic E-state index is 13.0. The number of amidine groups is 1. The Hall–Kier alpha value is -4.15. The van der Waals surface area contributed by atoms with E-state index in [0.29, 0.717) is 44.6 Å². The molecule has 1 aliphatic carbocycles. The van der Waals surface area contributed by atoms with Gasteiger partial charge in [-0.15, -0.1) is 0 Å². The molecule has 1 saturated heterocycles. The number of primary amides is 1. The molecule has 3 aliphatic rings. The second kappa shape index (κ2) is 11.9. The first kappa shape index (κ1) is 28.8. The van der Waals surface area contributed by atoms with Crippen LogP contribution in [0.5, 0.6) is 0 Å². The van der Waals surface area contributed by atoms with Gasteiger partial charge in [0, 0.05) is 30.6 Å². The van der Waals surface area contributed by atoms with Crippen molar-refractivity contribution in [2.24, 2.45) is 27.6 Å². The number of ether oxygens (including phenoxy) is 1. The highest BCUT2D eigenvalue weighted by Gasteiger charge is 2.39. The van der Waals surface area contributed by atoms with Crippen LogP contribution in [0.4, 0.5) is 18.9 Å². The van der Waals surface area contributed by atoms with Crippen LogP contribution in [0.2, 0.25) is 0 Å². The number of nitrogen functional groups attached to an aromatic ring is 1. The molecule has 5 N–H and O–H groups in total. The van der Waals surface area contributed by atoms with Gasteiger partial charge in [-0.05, 0) is 57.2 Å². The molecule has 3 heterocycles. The van der Waals surface area contributed by atoms with Crippen molar-refractivity contribution in [2.75, 3.05) is 25.4 Å². The van der Waals surface area contributed by atoms with E-state index in [0.717, 1.165) is 12.6 Å². The minimum absolute atomic E-state index is 0.0109. The number of carbonyl (C=O) groups is 2. The van der Waals surface area contributed by atoms with Gasteiger partial charge in [0.05, 0.1) is 24.3 Å². The fourth-order valence-corrected chi connectivity index (χ4v) is 4.55. The number of aliphatic imine (C=N–C) groups is 2. The van der Waals surface area contributed by atoms with E-state index in [9.17, 15) is 22.8 Å². The first-order chi connectivity index (χ1) is 19.0. The Morgan fingerprint density at radius 1 is 1.27 bits per heavy atom. The second-order valence-corrected chi connectivity index (χ2v) is 10.1. The van der Waals surface area contributed by atoms with Gasteiger partial charge in [-0.2, -0.15) is 28.4 Å². The first-order valence-corrected chi connectivity index (χ1v) is 13.0. The number of pyridine rings is 1. The number of hydrogen-bond acceptors (Lipinski definition) is 9. The lowest BCUT2D eigenvalue weighted by Crippen LogP contribution is -2.46. The third kappa shape index (κ3) is 7.08. The summed E-state index contributed by atoms with van der Waals surface area (Å²) in [4.78, 5) is 39.4. The molecule has 0 radical (unpaired) electrons. The number of rotatable bonds is 7. The minimum atomic E-state index is -4.59. The third-order valence-corrected chi connectivity index (χ3v) is 7.18. The number of halogens is 3. The monoisotopic (exact) mass is 560 g/mol. The van der Waals surface area contributed by atoms with Crippen molar-refractivity contribution in [2.45, 2.75) is 57.2 Å². The number of hydrogen-bond donors (Lipinski definition) is 3. The molecule has 1 saturated carbocycles. The van der Waals surface area contributed by atoms with Crippen molar-refractivity contribution >= 4 is 29.2 Å². The number of likely N-dealkylation sites (tertiary alicyclic amines) is 1. The first-order valence-electron chi connectivity index (χ1n) is 13.0. The predicted molar refractivity (Wildman–Crippen MR) is 140 cm³/mol. The number of nitriles is 1. The number of anilines is 1. The van der Waals surface area contributed by atoms with Crippen LogP contribution >= 0.6 is 0 Å². The van der Waals surface area contributed by atoms with Crippen LogP contribution in [0.1, 0.15) is 61.1 Å². The van der Waals surface area contributed by atoms with Gasteiger partial charge in [-0.1, -0.05) is 0 Å². The second-order valence-electron chi connectivity index (χ2n) is 10.1. The summed E-state index contributed by atoms with van der Waals surface area (Å²) in [5, 5.41) is 11.0. The zero-order chi connectivity index (χ0) is 29.0. The lowest BCUT2D eigenvalue weighted by Gasteiger charge is -2.33. The molecule has 2 aliphatic heterocycles. The lowest BCUT2D eigenvalue weighted by atomic mass is 9.92. The third-order valence-electron chi connectivity index (χ3n) is 7.18. The Morgan fingerprint density at radius 3 is 2.62 bits per heavy atom. The quantitative estimate of drug-likeness (QED) is 0.460. The molecule has 4 rings (SSSR count). The Morgan fingerprint density at radius 2 is 2.00 bits per heavy atom. The SMILES string of the molecule is C[C@H](NC(=O)/C1=N/C(OC[C@@H]2C[C@@H]2C#N)=N\C(N2CCC(c3ccc(N)c(C(N)=O)n3)CC2)=C/CC1)C(F)(F)F. The molecule has 1 aromatic heterocycles. The van der Waals surface area contributed by atoms with Crippen LogP contribution < -0.4 is 16.8 Å². The number of piperidine rings is 1. The van der Waals surface area contributed by atoms with Gasteiger partial charge in [0.15, 0.2) is 5.69 Å². The van der Waals surface area contributed by atoms with E-state index in [1.54, 1.807) is 18.2 Å². The Bertz CT molecular complexity index is 1280. The number of alkyl halides is 3. The van der Waals surface area contributed by atoms with Crippen molar-refractivity contribution in [1.29, 1.82) is 5.26 Å². The number of nitrogens with two attached hydrogens (primary N) is 2. The van der Waals surface area contributed by atoms with Gasteiger partial charge in [0.25, 0.3) is 11.8 Å². The van der Waals surface area contributed by atoms with Crippen LogP contribution in [0.15, 0.2) is 34.0 Å². The van der Waals surface area contributed by atoms with Crippen molar-refractivity contribution in [3.05, 3.63) is 35.4 Å². The highest BCUT2D eigenvalue weighted by atomic mass is 19.4. The Balaban J connectivity index is 1.48. The molecule has 2 fully saturated rings. The highest BCUT2D eigenvalue weighted by Crippen LogP contribution is 2.38. The number of nitrogens with one attached hydrogen (secondary N) is 1. The van der Waals surface area contributed by atoms with E-state index in [2.05, 4.69) is 21.0 Å². The van der Waals surface area contributed by atoms with Crippen LogP contribution in [0.25, 0.3) is 0 Å². The molecule has 214 valence electrons. The summed E-state index contributed by atoms with van der Waals surface area (Å²) in [6.45, 7) is 2.22. The number of carbonyl (C=O) groups excluding carboxylic acids is 2. The average molecular weight is 561 g/mol. The van der Waals surface area contributed by atoms with E-state index in [1.165, 1.54) is 0 Å². The van der Waals surface area contributed by atoms with E-state index in [4.69, 9.17) is 21.5 Å². The molecule has 0 bridgehead atoms. The Labute approximate surface area is 229 Å². The summed E-state index contributed by atoms with van der Waals surface area (Å²) in [6, 6.07) is 3.40. The van der Waals surface area contributed by atoms with Crippen molar-refractivity contribution in [3.8, 4) is 6.07 Å². The molecular formula is C26H31F3N8O3. The van der Waals surface area contributed by atoms with E-state index in [1.807, 2.05) is 10.2 Å². The summed E-state index contributed by atoms with van der Waals surface area (Å²) in [5.74, 6) is -1.09. The summed E-state index contributed by atoms with van der Waals surface area (Å²) >= 11 is 0. The maximum Gasteiger partial charge on any atom is 0.408 e. The molecule has 14 heteroatoms. The van der Waals surface area contributed by atoms with Gasteiger partial charge in [0.1, 0.15) is 17.6 Å². The van der Waals surface area contributed by atoms with Crippen LogP contribution in [-0.4, -0.2) is 65.3 Å². The summed E-state index contributed by atoms with van der Waals surface area (Å²) < 4.78 is 44.7. The van der Waals surface area contributed by atoms with Crippen LogP contribution in [0.3, 0.4) is 0 Å². The van der Waals surface area contributed by atoms with Crippen molar-refractivity contribution in [3.63, 3.8) is 0 Å². The number of allylic oxidation sites excluding steroid dienone is 1. The number of aromatic nitrogens is 1. The van der Waals surface area contributed by atoms with Crippen LogP contribution in [-0.2, 0) is 9.53 Å². The predicted octanol–water partition coefficient (Wildman–Crippen LogP) is 2.62. The molecule has 2 amide bonds. The smallest absolute Gasteiger partial charge is 0.408 e. The molecule has 3 atom stereocenters. The van der Waals surface area contributed by atoms with Crippen LogP contribution in [0, 0.1) is 23.2 Å². The molecule has 1 aromatic rings. The van der Waals surface area contributed by atoms with Gasteiger partial charge < -0.3 is 26.4 Å². The summed E-state index contributed by atoms with van der Waals surface area (Å²) in [6.07, 6.45) is -0.274. The molecule has 0 aromatic carbocycles. The molecule has 40 heavy (non-hydrogen) atoms. The van der Waals surface area contributed by atoms with Gasteiger partial charge in [0.2, 0.25) is 0 Å². The topological polar surface area (TPSA) is 172 Å². The van der Waals surface area contributed by atoms with Crippen molar-refractivity contribution in [1.82, 2.24) is 15.2 Å². The summed E-state index contributed by atoms with van der Waals surface area (Å²) in [7, 11) is 0. The summed E-state index contributed by atoms with van der Waals surface area (Å²) in [5.41, 5.74) is 12.1. The van der Waals surface area contributed by atoms with E-state index in [-0.39, 0.29) is 53.9 Å². The molecule has 0 spiro atoms. The zero-order valence-electron chi connectivity index (χ0n) is 21.9.